The Bertz CT molecular complexity index is 1130. The van der Waals surface area contributed by atoms with Crippen LogP contribution in [0, 0.1) is 52.3 Å². The molecule has 306 valence electrons. The Morgan fingerprint density at radius 3 is 2.09 bits per heavy atom. The van der Waals surface area contributed by atoms with E-state index in [2.05, 4.69) is 52.1 Å². The molecule has 6 nitrogen and oxygen atoms in total. The van der Waals surface area contributed by atoms with Crippen molar-refractivity contribution < 1.29 is 19.8 Å². The molecule has 0 aromatic rings. The molecule has 0 radical (unpaired) electrons. The SMILES string of the molecule is CCCCCCCCC=CCCCCCCCC(=O)N(C)CCNC(=O)CCC(C)C1CCC2C3C(O)C(CC)C4CC(O)CCC4(C)C3CCC12C. The quantitative estimate of drug-likeness (QED) is 0.0719. The van der Waals surface area contributed by atoms with Crippen molar-refractivity contribution in [1.29, 1.82) is 0 Å². The Labute approximate surface area is 326 Å². The summed E-state index contributed by atoms with van der Waals surface area (Å²) >= 11 is 0. The molecule has 0 aromatic carbocycles. The van der Waals surface area contributed by atoms with Crippen molar-refractivity contribution in [2.75, 3.05) is 20.1 Å². The Balaban J connectivity index is 1.08. The van der Waals surface area contributed by atoms with Crippen LogP contribution < -0.4 is 5.32 Å². The van der Waals surface area contributed by atoms with E-state index in [1.807, 2.05) is 7.05 Å². The van der Waals surface area contributed by atoms with Crippen molar-refractivity contribution in [1.82, 2.24) is 10.2 Å². The summed E-state index contributed by atoms with van der Waals surface area (Å²) in [7, 11) is 1.87. The van der Waals surface area contributed by atoms with Gasteiger partial charge in [0.15, 0.2) is 0 Å². The van der Waals surface area contributed by atoms with E-state index < -0.39 is 0 Å². The van der Waals surface area contributed by atoms with Gasteiger partial charge in [0.2, 0.25) is 11.8 Å². The summed E-state index contributed by atoms with van der Waals surface area (Å²) in [5.41, 5.74) is 0.455. The number of nitrogens with one attached hydrogen (secondary N) is 1. The normalized spacial score (nSPS) is 34.3. The average Bonchev–Trinajstić information content (AvgIpc) is 3.50. The van der Waals surface area contributed by atoms with Crippen molar-refractivity contribution in [2.45, 2.75) is 201 Å². The van der Waals surface area contributed by atoms with Crippen molar-refractivity contribution >= 4 is 11.8 Å². The Hall–Kier alpha value is -1.40. The molecule has 0 spiro atoms. The fraction of sp³-hybridized carbons (Fsp3) is 0.915. The van der Waals surface area contributed by atoms with E-state index >= 15 is 0 Å². The molecule has 0 bridgehead atoms. The molecule has 4 fully saturated rings. The average molecular weight is 741 g/mol. The van der Waals surface area contributed by atoms with Gasteiger partial charge in [-0.15, -0.1) is 0 Å². The molecule has 0 heterocycles. The minimum absolute atomic E-state index is 0.102. The summed E-state index contributed by atoms with van der Waals surface area (Å²) in [5.74, 6) is 3.55. The van der Waals surface area contributed by atoms with Crippen molar-refractivity contribution in [2.24, 2.45) is 52.3 Å². The van der Waals surface area contributed by atoms with Crippen LogP contribution in [0.25, 0.3) is 0 Å². The minimum Gasteiger partial charge on any atom is -0.393 e. The van der Waals surface area contributed by atoms with Crippen molar-refractivity contribution in [3.8, 4) is 0 Å². The lowest BCUT2D eigenvalue weighted by Gasteiger charge is -2.64. The Morgan fingerprint density at radius 1 is 0.792 bits per heavy atom. The van der Waals surface area contributed by atoms with Gasteiger partial charge in [-0.05, 0) is 136 Å². The van der Waals surface area contributed by atoms with Gasteiger partial charge in [0.05, 0.1) is 12.2 Å². The van der Waals surface area contributed by atoms with E-state index in [1.54, 1.807) is 4.90 Å². The highest BCUT2D eigenvalue weighted by molar-refractivity contribution is 5.77. The van der Waals surface area contributed by atoms with Gasteiger partial charge in [0.1, 0.15) is 0 Å². The summed E-state index contributed by atoms with van der Waals surface area (Å²) in [6.45, 7) is 13.0. The second kappa shape index (κ2) is 21.8. The van der Waals surface area contributed by atoms with Crippen LogP contribution in [0.15, 0.2) is 12.2 Å². The predicted molar refractivity (Wildman–Crippen MR) is 220 cm³/mol. The predicted octanol–water partition coefficient (Wildman–Crippen LogP) is 10.6. The largest absolute Gasteiger partial charge is 0.393 e. The van der Waals surface area contributed by atoms with Crippen LogP contribution in [-0.4, -0.2) is 59.3 Å². The molecule has 0 saturated heterocycles. The first kappa shape index (κ1) is 44.3. The maximum Gasteiger partial charge on any atom is 0.222 e. The number of nitrogens with zero attached hydrogens (tertiary/aromatic N) is 1. The van der Waals surface area contributed by atoms with E-state index in [0.717, 1.165) is 44.9 Å². The number of unbranched alkanes of at least 4 members (excludes halogenated alkanes) is 11. The van der Waals surface area contributed by atoms with Gasteiger partial charge in [-0.1, -0.05) is 105 Å². The maximum atomic E-state index is 12.9. The number of aliphatic hydroxyl groups excluding tert-OH is 2. The molecule has 0 aliphatic heterocycles. The van der Waals surface area contributed by atoms with Gasteiger partial charge < -0.3 is 20.4 Å². The van der Waals surface area contributed by atoms with Crippen LogP contribution in [0.5, 0.6) is 0 Å². The van der Waals surface area contributed by atoms with Gasteiger partial charge >= 0.3 is 0 Å². The third-order valence-electron chi connectivity index (χ3n) is 15.8. The molecule has 4 aliphatic carbocycles. The molecule has 53 heavy (non-hydrogen) atoms. The molecule has 4 saturated carbocycles. The molecule has 3 N–H and O–H groups in total. The summed E-state index contributed by atoms with van der Waals surface area (Å²) in [5, 5.41) is 25.7. The van der Waals surface area contributed by atoms with Gasteiger partial charge in [-0.2, -0.15) is 0 Å². The third-order valence-corrected chi connectivity index (χ3v) is 15.8. The smallest absolute Gasteiger partial charge is 0.222 e. The van der Waals surface area contributed by atoms with Gasteiger partial charge in [0, 0.05) is 33.0 Å². The molecule has 4 rings (SSSR count). The Morgan fingerprint density at radius 2 is 1.42 bits per heavy atom. The number of fused-ring (bicyclic) bond motifs is 5. The van der Waals surface area contributed by atoms with Gasteiger partial charge in [-0.3, -0.25) is 9.59 Å². The third kappa shape index (κ3) is 11.6. The van der Waals surface area contributed by atoms with E-state index in [4.69, 9.17) is 0 Å². The lowest BCUT2D eigenvalue weighted by molar-refractivity contribution is -0.203. The van der Waals surface area contributed by atoms with Crippen LogP contribution >= 0.6 is 0 Å². The standard InChI is InChI=1S/C47H84N2O4/c1-7-9-10-11-12-13-14-15-16-17-18-19-20-21-22-23-43(52)49(6)33-32-48-42(51)27-24-35(3)38-25-26-39-44-40(29-31-46(38,39)4)47(5)30-28-36(50)34-41(47)37(8-2)45(44)53/h15-16,35-41,44-45,50,53H,7-14,17-34H2,1-6H3,(H,48,51). The highest BCUT2D eigenvalue weighted by Crippen LogP contribution is 2.69. The number of amides is 2. The summed E-state index contributed by atoms with van der Waals surface area (Å²) in [6.07, 6.45) is 31.4. The van der Waals surface area contributed by atoms with Gasteiger partial charge in [-0.25, -0.2) is 0 Å². The van der Waals surface area contributed by atoms with E-state index in [9.17, 15) is 19.8 Å². The van der Waals surface area contributed by atoms with Crippen LogP contribution in [-0.2, 0) is 9.59 Å². The summed E-state index contributed by atoms with van der Waals surface area (Å²) < 4.78 is 0. The van der Waals surface area contributed by atoms with E-state index in [0.29, 0.717) is 67.4 Å². The van der Waals surface area contributed by atoms with Gasteiger partial charge in [0.25, 0.3) is 0 Å². The maximum absolute atomic E-state index is 12.9. The molecule has 6 heteroatoms. The number of hydrogen-bond acceptors (Lipinski definition) is 4. The molecule has 11 unspecified atom stereocenters. The van der Waals surface area contributed by atoms with Crippen molar-refractivity contribution in [3.63, 3.8) is 0 Å². The number of rotatable bonds is 23. The number of carbonyl (C=O) groups excluding carboxylic acids is 2. The topological polar surface area (TPSA) is 89.9 Å². The molecular weight excluding hydrogens is 657 g/mol. The minimum atomic E-state index is -0.259. The number of hydrogen-bond donors (Lipinski definition) is 3. The van der Waals surface area contributed by atoms with Crippen molar-refractivity contribution in [3.05, 3.63) is 12.2 Å². The zero-order valence-corrected chi connectivity index (χ0v) is 35.4. The van der Waals surface area contributed by atoms with Crippen LogP contribution in [0.2, 0.25) is 0 Å². The summed E-state index contributed by atoms with van der Waals surface area (Å²) in [6, 6.07) is 0. The first-order chi connectivity index (χ1) is 25.5. The molecule has 2 amide bonds. The molecular formula is C47H84N2O4. The van der Waals surface area contributed by atoms with Crippen LogP contribution in [0.3, 0.4) is 0 Å². The second-order valence-electron chi connectivity index (χ2n) is 19.1. The number of allylic oxidation sites excluding steroid dienone is 2. The first-order valence-electron chi connectivity index (χ1n) is 23.0. The lowest BCUT2D eigenvalue weighted by atomic mass is 9.41. The fourth-order valence-electron chi connectivity index (χ4n) is 12.6. The second-order valence-corrected chi connectivity index (χ2v) is 19.1. The number of likely N-dealkylation sites (N-methyl/N-ethyl adjacent to an activating group) is 1. The number of aliphatic hydroxyl groups is 2. The highest BCUT2D eigenvalue weighted by Gasteiger charge is 2.64. The first-order valence-corrected chi connectivity index (χ1v) is 23.0. The summed E-state index contributed by atoms with van der Waals surface area (Å²) in [4.78, 5) is 27.4. The zero-order valence-electron chi connectivity index (χ0n) is 35.4. The molecule has 4 aliphatic rings. The van der Waals surface area contributed by atoms with Crippen LogP contribution in [0.1, 0.15) is 189 Å². The lowest BCUT2D eigenvalue weighted by Crippen LogP contribution is -2.62. The highest BCUT2D eigenvalue weighted by atomic mass is 16.3. The molecule has 11 atom stereocenters. The number of carbonyl (C=O) groups is 2. The van der Waals surface area contributed by atoms with E-state index in [-0.39, 0.29) is 34.9 Å². The van der Waals surface area contributed by atoms with E-state index in [1.165, 1.54) is 96.3 Å². The zero-order chi connectivity index (χ0) is 38.4. The van der Waals surface area contributed by atoms with Crippen LogP contribution in [0.4, 0.5) is 0 Å². The fourth-order valence-corrected chi connectivity index (χ4v) is 12.6. The molecule has 0 aromatic heterocycles. The monoisotopic (exact) mass is 741 g/mol. The Kier molecular flexibility index (Phi) is 18.2.